The number of aromatic nitrogens is 1. The van der Waals surface area contributed by atoms with Gasteiger partial charge in [0.1, 0.15) is 0 Å². The highest BCUT2D eigenvalue weighted by atomic mass is 14.8. The van der Waals surface area contributed by atoms with Crippen LogP contribution in [0.3, 0.4) is 0 Å². The van der Waals surface area contributed by atoms with Gasteiger partial charge in [-0.25, -0.2) is 0 Å². The molecule has 0 unspecified atom stereocenters. The minimum atomic E-state index is 0.948. The summed E-state index contributed by atoms with van der Waals surface area (Å²) in [6.07, 6.45) is 6.49. The standard InChI is InChI=1S/C7H6N2/c1-4-9-7-2-3-8-5-6(1)7/h2-5H,1H2. The van der Waals surface area contributed by atoms with Gasteiger partial charge in [0, 0.05) is 30.6 Å². The van der Waals surface area contributed by atoms with Crippen LogP contribution < -0.4 is 0 Å². The molecule has 0 aromatic carbocycles. The Morgan fingerprint density at radius 2 is 2.44 bits per heavy atom. The zero-order valence-corrected chi connectivity index (χ0v) is 4.91. The van der Waals surface area contributed by atoms with E-state index in [1.54, 1.807) is 6.20 Å². The summed E-state index contributed by atoms with van der Waals surface area (Å²) in [5.41, 5.74) is 2.31. The smallest absolute Gasteiger partial charge is 0.0692 e. The number of pyridine rings is 1. The summed E-state index contributed by atoms with van der Waals surface area (Å²) in [5.74, 6) is 0. The third-order valence-electron chi connectivity index (χ3n) is 1.42. The molecule has 2 heterocycles. The molecule has 0 N–H and O–H groups in total. The first-order valence-corrected chi connectivity index (χ1v) is 2.92. The summed E-state index contributed by atoms with van der Waals surface area (Å²) < 4.78 is 0. The molecule has 1 aromatic rings. The molecule has 9 heavy (non-hydrogen) atoms. The number of nitrogens with zero attached hydrogens (tertiary/aromatic N) is 2. The molecule has 0 saturated heterocycles. The van der Waals surface area contributed by atoms with Gasteiger partial charge in [-0.15, -0.1) is 0 Å². The fraction of sp³-hybridized carbons (Fsp3) is 0.143. The SMILES string of the molecule is C1=Nc2ccncc2C1. The number of hydrogen-bond donors (Lipinski definition) is 0. The number of rotatable bonds is 0. The zero-order valence-electron chi connectivity index (χ0n) is 4.91. The molecule has 2 rings (SSSR count). The Bertz CT molecular complexity index is 253. The molecule has 0 amide bonds. The van der Waals surface area contributed by atoms with Crippen LogP contribution >= 0.6 is 0 Å². The Morgan fingerprint density at radius 3 is 3.33 bits per heavy atom. The maximum Gasteiger partial charge on any atom is 0.0692 e. The van der Waals surface area contributed by atoms with Crippen LogP contribution in [0.1, 0.15) is 5.56 Å². The van der Waals surface area contributed by atoms with Crippen LogP contribution in [0.5, 0.6) is 0 Å². The summed E-state index contributed by atoms with van der Waals surface area (Å²) in [7, 11) is 0. The summed E-state index contributed by atoms with van der Waals surface area (Å²) in [4.78, 5) is 8.11. The van der Waals surface area contributed by atoms with Crippen LogP contribution in [0.2, 0.25) is 0 Å². The van der Waals surface area contributed by atoms with Gasteiger partial charge >= 0.3 is 0 Å². The number of aliphatic imine (C=N–C) groups is 1. The minimum absolute atomic E-state index is 0.948. The van der Waals surface area contributed by atoms with Crippen molar-refractivity contribution in [2.24, 2.45) is 4.99 Å². The lowest BCUT2D eigenvalue weighted by atomic mass is 10.2. The van der Waals surface area contributed by atoms with E-state index in [0.29, 0.717) is 0 Å². The van der Waals surface area contributed by atoms with Crippen molar-refractivity contribution in [1.82, 2.24) is 4.98 Å². The van der Waals surface area contributed by atoms with Crippen LogP contribution in [0.4, 0.5) is 5.69 Å². The van der Waals surface area contributed by atoms with Gasteiger partial charge in [0.25, 0.3) is 0 Å². The Hall–Kier alpha value is -1.18. The molecule has 1 aliphatic rings. The van der Waals surface area contributed by atoms with E-state index < -0.39 is 0 Å². The van der Waals surface area contributed by atoms with Crippen molar-refractivity contribution in [3.8, 4) is 0 Å². The third kappa shape index (κ3) is 0.633. The molecule has 44 valence electrons. The van der Waals surface area contributed by atoms with Gasteiger partial charge in [-0.05, 0) is 6.07 Å². The third-order valence-corrected chi connectivity index (χ3v) is 1.42. The predicted octanol–water partition coefficient (Wildman–Crippen LogP) is 1.34. The first-order chi connectivity index (χ1) is 4.47. The largest absolute Gasteiger partial charge is 0.264 e. The highest BCUT2D eigenvalue weighted by Gasteiger charge is 2.02. The minimum Gasteiger partial charge on any atom is -0.264 e. The Balaban J connectivity index is 2.63. The molecule has 0 aliphatic carbocycles. The number of fused-ring (bicyclic) bond motifs is 1. The summed E-state index contributed by atoms with van der Waals surface area (Å²) in [6.45, 7) is 0. The molecule has 1 aliphatic heterocycles. The summed E-state index contributed by atoms with van der Waals surface area (Å²) in [6, 6.07) is 1.93. The van der Waals surface area contributed by atoms with Gasteiger partial charge in [0.05, 0.1) is 5.69 Å². The monoisotopic (exact) mass is 118 g/mol. The second-order valence-corrected chi connectivity index (χ2v) is 2.02. The van der Waals surface area contributed by atoms with E-state index in [0.717, 1.165) is 12.1 Å². The average Bonchev–Trinajstić information content (AvgIpc) is 2.33. The molecule has 0 fully saturated rings. The Morgan fingerprint density at radius 1 is 1.44 bits per heavy atom. The highest BCUT2D eigenvalue weighted by Crippen LogP contribution is 2.20. The fourth-order valence-corrected chi connectivity index (χ4v) is 0.945. The molecule has 0 spiro atoms. The van der Waals surface area contributed by atoms with Gasteiger partial charge in [0.2, 0.25) is 0 Å². The van der Waals surface area contributed by atoms with Crippen molar-refractivity contribution < 1.29 is 0 Å². The number of hydrogen-bond acceptors (Lipinski definition) is 2. The van der Waals surface area contributed by atoms with Crippen LogP contribution in [0.25, 0.3) is 0 Å². The van der Waals surface area contributed by atoms with E-state index in [9.17, 15) is 0 Å². The van der Waals surface area contributed by atoms with E-state index >= 15 is 0 Å². The molecule has 1 aromatic heterocycles. The quantitative estimate of drug-likeness (QED) is 0.504. The van der Waals surface area contributed by atoms with Crippen molar-refractivity contribution >= 4 is 11.9 Å². The van der Waals surface area contributed by atoms with E-state index in [1.165, 1.54) is 5.56 Å². The summed E-state index contributed by atoms with van der Waals surface area (Å²) >= 11 is 0. The highest BCUT2D eigenvalue weighted by molar-refractivity contribution is 5.74. The molecule has 0 bridgehead atoms. The first-order valence-electron chi connectivity index (χ1n) is 2.92. The van der Waals surface area contributed by atoms with Gasteiger partial charge in [-0.3, -0.25) is 9.98 Å². The average molecular weight is 118 g/mol. The summed E-state index contributed by atoms with van der Waals surface area (Å²) in [5, 5.41) is 0. The maximum atomic E-state index is 4.13. The molecule has 2 heteroatoms. The lowest BCUT2D eigenvalue weighted by Gasteiger charge is -1.90. The van der Waals surface area contributed by atoms with Crippen LogP contribution in [0, 0.1) is 0 Å². The second kappa shape index (κ2) is 1.65. The van der Waals surface area contributed by atoms with E-state index in [4.69, 9.17) is 0 Å². The van der Waals surface area contributed by atoms with Crippen molar-refractivity contribution in [1.29, 1.82) is 0 Å². The van der Waals surface area contributed by atoms with Gasteiger partial charge in [0.15, 0.2) is 0 Å². The van der Waals surface area contributed by atoms with Crippen LogP contribution in [-0.2, 0) is 6.42 Å². The fourth-order valence-electron chi connectivity index (χ4n) is 0.945. The predicted molar refractivity (Wildman–Crippen MR) is 36.1 cm³/mol. The first kappa shape index (κ1) is 4.68. The Kier molecular flexibility index (Phi) is 0.859. The van der Waals surface area contributed by atoms with E-state index in [2.05, 4.69) is 9.98 Å². The topological polar surface area (TPSA) is 25.2 Å². The molecular formula is C7H6N2. The second-order valence-electron chi connectivity index (χ2n) is 2.02. The van der Waals surface area contributed by atoms with Crippen molar-refractivity contribution in [2.75, 3.05) is 0 Å². The van der Waals surface area contributed by atoms with Crippen LogP contribution in [-0.4, -0.2) is 11.2 Å². The van der Waals surface area contributed by atoms with Crippen LogP contribution in [0.15, 0.2) is 23.5 Å². The van der Waals surface area contributed by atoms with Gasteiger partial charge in [-0.2, -0.15) is 0 Å². The van der Waals surface area contributed by atoms with Gasteiger partial charge < -0.3 is 0 Å². The Labute approximate surface area is 53.3 Å². The van der Waals surface area contributed by atoms with Crippen molar-refractivity contribution in [3.05, 3.63) is 24.0 Å². The molecular weight excluding hydrogens is 112 g/mol. The van der Waals surface area contributed by atoms with Crippen molar-refractivity contribution in [2.45, 2.75) is 6.42 Å². The van der Waals surface area contributed by atoms with Gasteiger partial charge in [-0.1, -0.05) is 0 Å². The maximum absolute atomic E-state index is 4.13. The molecule has 0 atom stereocenters. The lowest BCUT2D eigenvalue weighted by Crippen LogP contribution is -1.78. The molecule has 0 radical (unpaired) electrons. The molecule has 2 nitrogen and oxygen atoms in total. The zero-order chi connectivity index (χ0) is 6.10. The van der Waals surface area contributed by atoms with Crippen molar-refractivity contribution in [3.63, 3.8) is 0 Å². The molecule has 0 saturated carbocycles. The lowest BCUT2D eigenvalue weighted by molar-refractivity contribution is 1.25. The van der Waals surface area contributed by atoms with E-state index in [-0.39, 0.29) is 0 Å². The normalized spacial score (nSPS) is 13.8. The van der Waals surface area contributed by atoms with E-state index in [1.807, 2.05) is 18.5 Å².